The number of aliphatic hydroxyl groups excluding tert-OH is 2. The van der Waals surface area contributed by atoms with Crippen molar-refractivity contribution in [2.24, 2.45) is 23.7 Å². The first-order valence-corrected chi connectivity index (χ1v) is 6.84. The van der Waals surface area contributed by atoms with E-state index in [0.717, 1.165) is 0 Å². The molecule has 1 aliphatic heterocycles. The highest BCUT2D eigenvalue weighted by molar-refractivity contribution is 5.92. The topological polar surface area (TPSA) is 76.0 Å². The molecule has 2 saturated carbocycles. The summed E-state index contributed by atoms with van der Waals surface area (Å²) in [6.45, 7) is 3.55. The Bertz CT molecular complexity index is 432. The van der Waals surface area contributed by atoms with E-state index < -0.39 is 30.2 Å². The van der Waals surface area contributed by atoms with Crippen LogP contribution in [0.3, 0.4) is 0 Å². The van der Waals surface area contributed by atoms with Gasteiger partial charge in [-0.3, -0.25) is 4.79 Å². The van der Waals surface area contributed by atoms with Gasteiger partial charge in [0.1, 0.15) is 18.0 Å². The van der Waals surface area contributed by atoms with Crippen molar-refractivity contribution in [1.29, 1.82) is 0 Å². The number of carbonyl (C=O) groups is 1. The monoisotopic (exact) mass is 266 g/mol. The summed E-state index contributed by atoms with van der Waals surface area (Å²) in [5.74, 6) is -1.70. The third kappa shape index (κ3) is 1.36. The summed E-state index contributed by atoms with van der Waals surface area (Å²) in [5, 5.41) is 21.1. The van der Waals surface area contributed by atoms with E-state index in [-0.39, 0.29) is 29.5 Å². The van der Waals surface area contributed by atoms with Crippen LogP contribution in [0.25, 0.3) is 0 Å². The SMILES string of the molecule is CC1(C)O[C@@H]2[C@@H](O)[C@@H]3[C@H]([C@@H](O)[C@@H]2O1)[C@@H]1C=C[C@H]3C1=O. The van der Waals surface area contributed by atoms with Crippen molar-refractivity contribution < 1.29 is 24.5 Å². The Morgan fingerprint density at radius 2 is 1.42 bits per heavy atom. The minimum Gasteiger partial charge on any atom is -0.390 e. The third-order valence-corrected chi connectivity index (χ3v) is 5.08. The molecule has 0 aromatic rings. The molecule has 3 fully saturated rings. The average Bonchev–Trinajstić information content (AvgIpc) is 2.95. The molecule has 8 atom stereocenters. The fraction of sp³-hybridized carbons (Fsp3) is 0.786. The quantitative estimate of drug-likeness (QED) is 0.597. The molecule has 1 heterocycles. The first-order valence-electron chi connectivity index (χ1n) is 6.84. The molecular weight excluding hydrogens is 248 g/mol. The van der Waals surface area contributed by atoms with Crippen LogP contribution >= 0.6 is 0 Å². The third-order valence-electron chi connectivity index (χ3n) is 5.08. The number of hydrogen-bond donors (Lipinski definition) is 2. The molecule has 2 bridgehead atoms. The van der Waals surface area contributed by atoms with E-state index in [9.17, 15) is 15.0 Å². The zero-order valence-corrected chi connectivity index (χ0v) is 10.9. The minimum atomic E-state index is -0.799. The maximum atomic E-state index is 12.1. The molecule has 0 amide bonds. The zero-order valence-electron chi connectivity index (χ0n) is 10.9. The summed E-state index contributed by atoms with van der Waals surface area (Å²) in [4.78, 5) is 12.1. The second-order valence-corrected chi connectivity index (χ2v) is 6.54. The van der Waals surface area contributed by atoms with Gasteiger partial charge in [0.15, 0.2) is 5.79 Å². The molecular formula is C14H18O5. The standard InChI is InChI=1S/C14H18O5/c1-14(2)18-12-10(16)7-5-3-4-6(9(5)15)8(7)11(17)13(12)19-14/h3-8,10-13,16-17H,1-2H3/t5-,6+,7+,8-,10+,11-,12-,13+. The van der Waals surface area contributed by atoms with Crippen LogP contribution in [0.2, 0.25) is 0 Å². The molecule has 4 aliphatic rings. The highest BCUT2D eigenvalue weighted by Gasteiger charge is 2.65. The summed E-state index contributed by atoms with van der Waals surface area (Å²) in [6, 6.07) is 0. The Hall–Kier alpha value is -0.750. The van der Waals surface area contributed by atoms with Gasteiger partial charge in [-0.15, -0.1) is 0 Å². The maximum Gasteiger partial charge on any atom is 0.164 e. The molecule has 5 heteroatoms. The number of ether oxygens (including phenoxy) is 2. The zero-order chi connectivity index (χ0) is 13.5. The van der Waals surface area contributed by atoms with Gasteiger partial charge in [-0.05, 0) is 13.8 Å². The van der Waals surface area contributed by atoms with Crippen molar-refractivity contribution in [2.75, 3.05) is 0 Å². The van der Waals surface area contributed by atoms with Crippen molar-refractivity contribution in [2.45, 2.75) is 44.1 Å². The lowest BCUT2D eigenvalue weighted by Crippen LogP contribution is -2.58. The molecule has 19 heavy (non-hydrogen) atoms. The second-order valence-electron chi connectivity index (χ2n) is 6.54. The Balaban J connectivity index is 1.74. The average molecular weight is 266 g/mol. The maximum absolute atomic E-state index is 12.1. The van der Waals surface area contributed by atoms with Gasteiger partial charge in [-0.2, -0.15) is 0 Å². The van der Waals surface area contributed by atoms with Crippen LogP contribution in [-0.2, 0) is 14.3 Å². The van der Waals surface area contributed by atoms with E-state index in [1.165, 1.54) is 0 Å². The number of carbonyl (C=O) groups excluding carboxylic acids is 1. The number of ketones is 1. The van der Waals surface area contributed by atoms with Crippen molar-refractivity contribution >= 4 is 5.78 Å². The van der Waals surface area contributed by atoms with E-state index in [1.807, 2.05) is 12.2 Å². The number of allylic oxidation sites excluding steroid dienone is 2. The first-order chi connectivity index (χ1) is 8.91. The predicted molar refractivity (Wildman–Crippen MR) is 63.9 cm³/mol. The van der Waals surface area contributed by atoms with Gasteiger partial charge in [0.05, 0.1) is 12.2 Å². The number of aliphatic hydroxyl groups is 2. The Labute approximate surface area is 111 Å². The van der Waals surface area contributed by atoms with Crippen molar-refractivity contribution in [3.8, 4) is 0 Å². The van der Waals surface area contributed by atoms with Gasteiger partial charge < -0.3 is 19.7 Å². The van der Waals surface area contributed by atoms with Gasteiger partial charge in [0, 0.05) is 23.7 Å². The van der Waals surface area contributed by atoms with E-state index >= 15 is 0 Å². The van der Waals surface area contributed by atoms with Crippen LogP contribution in [0.5, 0.6) is 0 Å². The van der Waals surface area contributed by atoms with Crippen molar-refractivity contribution in [1.82, 2.24) is 0 Å². The second kappa shape index (κ2) is 3.47. The van der Waals surface area contributed by atoms with Crippen molar-refractivity contribution in [3.05, 3.63) is 12.2 Å². The summed E-state index contributed by atoms with van der Waals surface area (Å²) >= 11 is 0. The van der Waals surface area contributed by atoms with Gasteiger partial charge in [-0.1, -0.05) is 12.2 Å². The van der Waals surface area contributed by atoms with Gasteiger partial charge in [-0.25, -0.2) is 0 Å². The normalized spacial score (nSPS) is 57.4. The molecule has 0 aromatic heterocycles. The summed E-state index contributed by atoms with van der Waals surface area (Å²) in [7, 11) is 0. The highest BCUT2D eigenvalue weighted by Crippen LogP contribution is 2.54. The molecule has 0 radical (unpaired) electrons. The van der Waals surface area contributed by atoms with E-state index in [4.69, 9.17) is 9.47 Å². The largest absolute Gasteiger partial charge is 0.390 e. The molecule has 5 nitrogen and oxygen atoms in total. The molecule has 4 rings (SSSR count). The molecule has 3 aliphatic carbocycles. The summed E-state index contributed by atoms with van der Waals surface area (Å²) < 4.78 is 11.4. The van der Waals surface area contributed by atoms with Crippen LogP contribution in [-0.4, -0.2) is 46.2 Å². The number of hydrogen-bond acceptors (Lipinski definition) is 5. The Morgan fingerprint density at radius 1 is 1.00 bits per heavy atom. The lowest BCUT2D eigenvalue weighted by atomic mass is 9.68. The fourth-order valence-corrected chi connectivity index (χ4v) is 4.43. The Kier molecular flexibility index (Phi) is 2.19. The highest BCUT2D eigenvalue weighted by atomic mass is 16.8. The van der Waals surface area contributed by atoms with E-state index in [0.29, 0.717) is 0 Å². The Morgan fingerprint density at radius 3 is 1.84 bits per heavy atom. The van der Waals surface area contributed by atoms with Crippen LogP contribution in [0.15, 0.2) is 12.2 Å². The van der Waals surface area contributed by atoms with Crippen molar-refractivity contribution in [3.63, 3.8) is 0 Å². The predicted octanol–water partition coefficient (Wildman–Crippen LogP) is -0.141. The minimum absolute atomic E-state index is 0.118. The smallest absolute Gasteiger partial charge is 0.164 e. The van der Waals surface area contributed by atoms with Gasteiger partial charge in [0.2, 0.25) is 0 Å². The van der Waals surface area contributed by atoms with Crippen LogP contribution in [0.4, 0.5) is 0 Å². The van der Waals surface area contributed by atoms with Gasteiger partial charge >= 0.3 is 0 Å². The molecule has 0 spiro atoms. The number of fused-ring (bicyclic) bond motifs is 6. The molecule has 0 aromatic carbocycles. The summed E-state index contributed by atoms with van der Waals surface area (Å²) in [6.07, 6.45) is 1.11. The number of rotatable bonds is 0. The van der Waals surface area contributed by atoms with Gasteiger partial charge in [0.25, 0.3) is 0 Å². The van der Waals surface area contributed by atoms with Crippen LogP contribution in [0, 0.1) is 23.7 Å². The lowest BCUT2D eigenvalue weighted by molar-refractivity contribution is -0.158. The van der Waals surface area contributed by atoms with E-state index in [1.54, 1.807) is 13.8 Å². The first kappa shape index (κ1) is 12.0. The number of Topliss-reactive ketones (excluding diaryl/α,β-unsaturated/α-hetero) is 1. The molecule has 1 saturated heterocycles. The van der Waals surface area contributed by atoms with Crippen LogP contribution < -0.4 is 0 Å². The van der Waals surface area contributed by atoms with Crippen LogP contribution in [0.1, 0.15) is 13.8 Å². The van der Waals surface area contributed by atoms with E-state index in [2.05, 4.69) is 0 Å². The molecule has 104 valence electrons. The summed E-state index contributed by atoms with van der Waals surface area (Å²) in [5.41, 5.74) is 0. The lowest BCUT2D eigenvalue weighted by Gasteiger charge is -2.43. The molecule has 0 unspecified atom stereocenters. The molecule has 2 N–H and O–H groups in total. The fourth-order valence-electron chi connectivity index (χ4n) is 4.43.